The Morgan fingerprint density at radius 1 is 1.04 bits per heavy atom. The van der Waals surface area contributed by atoms with E-state index < -0.39 is 0 Å². The number of ether oxygens (including phenoxy) is 1. The number of guanidine groups is 1. The van der Waals surface area contributed by atoms with E-state index in [1.165, 1.54) is 11.3 Å². The van der Waals surface area contributed by atoms with Gasteiger partial charge in [0, 0.05) is 38.4 Å². The van der Waals surface area contributed by atoms with Crippen molar-refractivity contribution < 1.29 is 4.74 Å². The van der Waals surface area contributed by atoms with E-state index in [9.17, 15) is 0 Å². The van der Waals surface area contributed by atoms with Crippen LogP contribution in [0.25, 0.3) is 0 Å². The Kier molecular flexibility index (Phi) is 7.80. The van der Waals surface area contributed by atoms with Crippen LogP contribution in [-0.2, 0) is 13.0 Å². The van der Waals surface area contributed by atoms with Crippen molar-refractivity contribution in [1.29, 1.82) is 0 Å². The molecule has 0 bridgehead atoms. The minimum absolute atomic E-state index is 0.580. The van der Waals surface area contributed by atoms with Crippen LogP contribution in [0.1, 0.15) is 18.1 Å². The summed E-state index contributed by atoms with van der Waals surface area (Å²) in [4.78, 5) is 6.78. The van der Waals surface area contributed by atoms with Crippen molar-refractivity contribution in [2.75, 3.05) is 39.2 Å². The van der Waals surface area contributed by atoms with Gasteiger partial charge in [0.05, 0.1) is 13.7 Å². The number of benzene rings is 2. The van der Waals surface area contributed by atoms with Gasteiger partial charge >= 0.3 is 0 Å². The van der Waals surface area contributed by atoms with Crippen molar-refractivity contribution in [2.45, 2.75) is 19.9 Å². The van der Waals surface area contributed by atoms with Gasteiger partial charge in [-0.25, -0.2) is 4.99 Å². The fraction of sp³-hybridized carbons (Fsp3) is 0.381. The van der Waals surface area contributed by atoms with Crippen LogP contribution in [0.3, 0.4) is 0 Å². The van der Waals surface area contributed by atoms with E-state index in [-0.39, 0.29) is 0 Å². The van der Waals surface area contributed by atoms with Crippen molar-refractivity contribution in [3.05, 3.63) is 59.7 Å². The van der Waals surface area contributed by atoms with Gasteiger partial charge in [-0.05, 0) is 37.1 Å². The summed E-state index contributed by atoms with van der Waals surface area (Å²) in [6.07, 6.45) is 0.951. The molecule has 0 aliphatic rings. The van der Waals surface area contributed by atoms with Crippen LogP contribution >= 0.6 is 0 Å². The predicted molar refractivity (Wildman–Crippen MR) is 110 cm³/mol. The minimum Gasteiger partial charge on any atom is -0.496 e. The Morgan fingerprint density at radius 3 is 2.42 bits per heavy atom. The maximum Gasteiger partial charge on any atom is 0.191 e. The second kappa shape index (κ2) is 10.3. The second-order valence-electron chi connectivity index (χ2n) is 6.24. The van der Waals surface area contributed by atoms with Gasteiger partial charge in [0.25, 0.3) is 0 Å². The van der Waals surface area contributed by atoms with Crippen LogP contribution in [0, 0.1) is 0 Å². The van der Waals surface area contributed by atoms with Crippen LogP contribution in [0.15, 0.2) is 53.5 Å². The number of anilines is 1. The van der Waals surface area contributed by atoms with Gasteiger partial charge in [-0.1, -0.05) is 30.3 Å². The summed E-state index contributed by atoms with van der Waals surface area (Å²) in [5.74, 6) is 1.69. The molecule has 2 rings (SSSR count). The summed E-state index contributed by atoms with van der Waals surface area (Å²) in [6.45, 7) is 4.31. The number of methoxy groups -OCH3 is 1. The third-order valence-corrected chi connectivity index (χ3v) is 4.10. The predicted octanol–water partition coefficient (Wildman–Crippen LogP) is 3.06. The number of para-hydroxylation sites is 1. The molecular formula is C21H30N4O. The lowest BCUT2D eigenvalue weighted by Crippen LogP contribution is -2.38. The summed E-state index contributed by atoms with van der Waals surface area (Å²) in [7, 11) is 5.79. The molecule has 0 aliphatic carbocycles. The smallest absolute Gasteiger partial charge is 0.191 e. The Morgan fingerprint density at radius 2 is 1.77 bits per heavy atom. The molecule has 140 valence electrons. The van der Waals surface area contributed by atoms with Gasteiger partial charge in [0.15, 0.2) is 5.96 Å². The maximum atomic E-state index is 5.39. The zero-order chi connectivity index (χ0) is 18.8. The first-order valence-corrected chi connectivity index (χ1v) is 9.04. The molecule has 2 aromatic rings. The number of nitrogens with one attached hydrogen (secondary N) is 2. The van der Waals surface area contributed by atoms with E-state index in [4.69, 9.17) is 4.74 Å². The molecule has 2 N–H and O–H groups in total. The van der Waals surface area contributed by atoms with Gasteiger partial charge in [0.1, 0.15) is 5.75 Å². The highest BCUT2D eigenvalue weighted by atomic mass is 16.5. The topological polar surface area (TPSA) is 48.9 Å². The Bertz CT molecular complexity index is 695. The van der Waals surface area contributed by atoms with Crippen LogP contribution in [0.2, 0.25) is 0 Å². The number of hydrogen-bond acceptors (Lipinski definition) is 3. The first-order chi connectivity index (χ1) is 12.6. The highest BCUT2D eigenvalue weighted by Crippen LogP contribution is 2.17. The molecule has 0 saturated carbocycles. The summed E-state index contributed by atoms with van der Waals surface area (Å²) in [5.41, 5.74) is 3.60. The highest BCUT2D eigenvalue weighted by Gasteiger charge is 2.03. The molecule has 5 heteroatoms. The monoisotopic (exact) mass is 354 g/mol. The largest absolute Gasteiger partial charge is 0.496 e. The van der Waals surface area contributed by atoms with Crippen molar-refractivity contribution in [3.8, 4) is 5.75 Å². The van der Waals surface area contributed by atoms with E-state index in [1.807, 2.05) is 24.3 Å². The fourth-order valence-corrected chi connectivity index (χ4v) is 2.63. The zero-order valence-corrected chi connectivity index (χ0v) is 16.2. The molecular weight excluding hydrogens is 324 g/mol. The van der Waals surface area contributed by atoms with E-state index in [2.05, 4.69) is 65.8 Å². The summed E-state index contributed by atoms with van der Waals surface area (Å²) < 4.78 is 5.39. The first kappa shape index (κ1) is 19.6. The average molecular weight is 354 g/mol. The van der Waals surface area contributed by atoms with Crippen LogP contribution in [-0.4, -0.2) is 40.3 Å². The van der Waals surface area contributed by atoms with E-state index in [0.717, 1.165) is 36.8 Å². The average Bonchev–Trinajstić information content (AvgIpc) is 2.66. The third-order valence-electron chi connectivity index (χ3n) is 4.10. The Hall–Kier alpha value is -2.69. The van der Waals surface area contributed by atoms with Crippen LogP contribution < -0.4 is 20.3 Å². The molecule has 26 heavy (non-hydrogen) atoms. The SMILES string of the molecule is CCNC(=NCc1ccccc1OC)NCCc1ccc(N(C)C)cc1. The van der Waals surface area contributed by atoms with Gasteiger partial charge < -0.3 is 20.3 Å². The molecule has 2 aromatic carbocycles. The number of hydrogen-bond donors (Lipinski definition) is 2. The third kappa shape index (κ3) is 5.99. The van der Waals surface area contributed by atoms with Crippen molar-refractivity contribution >= 4 is 11.6 Å². The fourth-order valence-electron chi connectivity index (χ4n) is 2.63. The molecule has 0 saturated heterocycles. The lowest BCUT2D eigenvalue weighted by molar-refractivity contribution is 0.410. The quantitative estimate of drug-likeness (QED) is 0.565. The minimum atomic E-state index is 0.580. The highest BCUT2D eigenvalue weighted by molar-refractivity contribution is 5.79. The number of nitrogens with zero attached hydrogens (tertiary/aromatic N) is 2. The molecule has 0 unspecified atom stereocenters. The lowest BCUT2D eigenvalue weighted by atomic mass is 10.1. The molecule has 0 fully saturated rings. The van der Waals surface area contributed by atoms with E-state index >= 15 is 0 Å². The normalized spacial score (nSPS) is 11.2. The molecule has 0 amide bonds. The first-order valence-electron chi connectivity index (χ1n) is 9.04. The molecule has 0 radical (unpaired) electrons. The van der Waals surface area contributed by atoms with Crippen molar-refractivity contribution in [2.24, 2.45) is 4.99 Å². The molecule has 0 aliphatic heterocycles. The Labute approximate surface area is 157 Å². The summed E-state index contributed by atoms with van der Waals surface area (Å²) in [5, 5.41) is 6.69. The summed E-state index contributed by atoms with van der Waals surface area (Å²) >= 11 is 0. The van der Waals surface area contributed by atoms with Gasteiger partial charge in [0.2, 0.25) is 0 Å². The second-order valence-corrected chi connectivity index (χ2v) is 6.24. The van der Waals surface area contributed by atoms with Crippen LogP contribution in [0.4, 0.5) is 5.69 Å². The zero-order valence-electron chi connectivity index (χ0n) is 16.2. The maximum absolute atomic E-state index is 5.39. The molecule has 0 heterocycles. The molecule has 0 spiro atoms. The van der Waals surface area contributed by atoms with Gasteiger partial charge in [-0.15, -0.1) is 0 Å². The van der Waals surface area contributed by atoms with E-state index in [0.29, 0.717) is 6.54 Å². The standard InChI is InChI=1S/C21H30N4O/c1-5-22-21(24-16-18-8-6-7-9-20(18)26-4)23-15-14-17-10-12-19(13-11-17)25(2)3/h6-13H,5,14-16H2,1-4H3,(H2,22,23,24). The van der Waals surface area contributed by atoms with E-state index in [1.54, 1.807) is 7.11 Å². The number of rotatable bonds is 8. The number of aliphatic imine (C=N–C) groups is 1. The molecule has 5 nitrogen and oxygen atoms in total. The Balaban J connectivity index is 1.90. The molecule has 0 aromatic heterocycles. The van der Waals surface area contributed by atoms with Gasteiger partial charge in [-0.3, -0.25) is 0 Å². The molecule has 0 atom stereocenters. The van der Waals surface area contributed by atoms with Crippen LogP contribution in [0.5, 0.6) is 5.75 Å². The van der Waals surface area contributed by atoms with Crippen molar-refractivity contribution in [3.63, 3.8) is 0 Å². The lowest BCUT2D eigenvalue weighted by Gasteiger charge is -2.14. The van der Waals surface area contributed by atoms with Gasteiger partial charge in [-0.2, -0.15) is 0 Å². The summed E-state index contributed by atoms with van der Waals surface area (Å²) in [6, 6.07) is 16.6. The van der Waals surface area contributed by atoms with Crippen molar-refractivity contribution in [1.82, 2.24) is 10.6 Å².